The monoisotopic (exact) mass is 278 g/mol. The van der Waals surface area contributed by atoms with Crippen LogP contribution in [0.25, 0.3) is 5.69 Å². The number of pyridine rings is 1. The molecule has 0 radical (unpaired) electrons. The van der Waals surface area contributed by atoms with Crippen molar-refractivity contribution in [2.45, 2.75) is 6.54 Å². The van der Waals surface area contributed by atoms with Crippen molar-refractivity contribution in [3.63, 3.8) is 0 Å². The molecule has 0 aliphatic rings. The van der Waals surface area contributed by atoms with Crippen LogP contribution in [-0.4, -0.2) is 20.4 Å². The summed E-state index contributed by atoms with van der Waals surface area (Å²) in [6.45, 7) is 0.387. The standard InChI is InChI=1S/C16H14N4O/c21-16(18-10-13-6-4-5-9-17-13)15-11-20(12-19-15)14-7-2-1-3-8-14/h1-9,11-12H,10H2,(H,18,21). The van der Waals surface area contributed by atoms with Gasteiger partial charge in [0.15, 0.2) is 0 Å². The largest absolute Gasteiger partial charge is 0.345 e. The van der Waals surface area contributed by atoms with Gasteiger partial charge < -0.3 is 9.88 Å². The molecule has 21 heavy (non-hydrogen) atoms. The number of nitrogens with one attached hydrogen (secondary N) is 1. The van der Waals surface area contributed by atoms with E-state index in [1.807, 2.05) is 53.1 Å². The van der Waals surface area contributed by atoms with Gasteiger partial charge in [-0.25, -0.2) is 4.98 Å². The molecule has 0 spiro atoms. The third-order valence-corrected chi connectivity index (χ3v) is 3.03. The zero-order chi connectivity index (χ0) is 14.5. The Kier molecular flexibility index (Phi) is 3.73. The van der Waals surface area contributed by atoms with E-state index in [1.54, 1.807) is 18.7 Å². The average Bonchev–Trinajstić information content (AvgIpc) is 3.04. The molecule has 2 heterocycles. The third kappa shape index (κ3) is 3.14. The summed E-state index contributed by atoms with van der Waals surface area (Å²) in [5, 5.41) is 2.80. The van der Waals surface area contributed by atoms with E-state index >= 15 is 0 Å². The summed E-state index contributed by atoms with van der Waals surface area (Å²) < 4.78 is 1.82. The lowest BCUT2D eigenvalue weighted by Crippen LogP contribution is -2.23. The number of hydrogen-bond donors (Lipinski definition) is 1. The van der Waals surface area contributed by atoms with Gasteiger partial charge in [-0.15, -0.1) is 0 Å². The van der Waals surface area contributed by atoms with Gasteiger partial charge in [0.05, 0.1) is 12.2 Å². The molecule has 3 aromatic rings. The number of aromatic nitrogens is 3. The highest BCUT2D eigenvalue weighted by Crippen LogP contribution is 2.08. The van der Waals surface area contributed by atoms with E-state index in [-0.39, 0.29) is 5.91 Å². The lowest BCUT2D eigenvalue weighted by Gasteiger charge is -2.02. The molecule has 0 unspecified atom stereocenters. The first kappa shape index (κ1) is 13.1. The molecule has 1 aromatic carbocycles. The first-order chi connectivity index (χ1) is 10.3. The minimum Gasteiger partial charge on any atom is -0.345 e. The summed E-state index contributed by atoms with van der Waals surface area (Å²) in [6, 6.07) is 15.3. The molecule has 1 N–H and O–H groups in total. The fraction of sp³-hybridized carbons (Fsp3) is 0.0625. The molecule has 1 amide bonds. The topological polar surface area (TPSA) is 59.8 Å². The normalized spacial score (nSPS) is 10.3. The van der Waals surface area contributed by atoms with Crippen LogP contribution in [-0.2, 0) is 6.54 Å². The number of para-hydroxylation sites is 1. The quantitative estimate of drug-likeness (QED) is 0.796. The summed E-state index contributed by atoms with van der Waals surface area (Å²) >= 11 is 0. The van der Waals surface area contributed by atoms with Crippen LogP contribution in [0.5, 0.6) is 0 Å². The van der Waals surface area contributed by atoms with Gasteiger partial charge in [0.25, 0.3) is 5.91 Å². The van der Waals surface area contributed by atoms with Crippen LogP contribution in [0.3, 0.4) is 0 Å². The van der Waals surface area contributed by atoms with Gasteiger partial charge in [-0.3, -0.25) is 9.78 Å². The average molecular weight is 278 g/mol. The van der Waals surface area contributed by atoms with Crippen LogP contribution in [0.4, 0.5) is 0 Å². The number of imidazole rings is 1. The van der Waals surface area contributed by atoms with Crippen molar-refractivity contribution < 1.29 is 4.79 Å². The van der Waals surface area contributed by atoms with E-state index in [0.717, 1.165) is 11.4 Å². The smallest absolute Gasteiger partial charge is 0.271 e. The molecule has 0 fully saturated rings. The Balaban J connectivity index is 1.67. The van der Waals surface area contributed by atoms with E-state index in [2.05, 4.69) is 15.3 Å². The van der Waals surface area contributed by atoms with Crippen molar-refractivity contribution in [1.82, 2.24) is 19.9 Å². The van der Waals surface area contributed by atoms with Crippen LogP contribution >= 0.6 is 0 Å². The van der Waals surface area contributed by atoms with Gasteiger partial charge in [0.1, 0.15) is 12.0 Å². The van der Waals surface area contributed by atoms with Gasteiger partial charge in [0.2, 0.25) is 0 Å². The lowest BCUT2D eigenvalue weighted by atomic mass is 10.3. The molecule has 0 bridgehead atoms. The summed E-state index contributed by atoms with van der Waals surface area (Å²) in [5.41, 5.74) is 2.16. The second kappa shape index (κ2) is 6.00. The summed E-state index contributed by atoms with van der Waals surface area (Å²) in [7, 11) is 0. The van der Waals surface area contributed by atoms with Gasteiger partial charge >= 0.3 is 0 Å². The number of carbonyl (C=O) groups excluding carboxylic acids is 1. The van der Waals surface area contributed by atoms with E-state index in [9.17, 15) is 4.79 Å². The number of carbonyl (C=O) groups is 1. The minimum atomic E-state index is -0.213. The first-order valence-corrected chi connectivity index (χ1v) is 6.60. The predicted molar refractivity (Wildman–Crippen MR) is 79.0 cm³/mol. The third-order valence-electron chi connectivity index (χ3n) is 3.03. The number of nitrogens with zero attached hydrogens (tertiary/aromatic N) is 3. The molecule has 104 valence electrons. The Labute approximate surface area is 122 Å². The summed E-state index contributed by atoms with van der Waals surface area (Å²) in [6.07, 6.45) is 5.04. The molecule has 5 nitrogen and oxygen atoms in total. The minimum absolute atomic E-state index is 0.213. The van der Waals surface area contributed by atoms with Crippen LogP contribution in [0.15, 0.2) is 67.3 Å². The Morgan fingerprint density at radius 1 is 1.05 bits per heavy atom. The Morgan fingerprint density at radius 3 is 2.62 bits per heavy atom. The SMILES string of the molecule is O=C(NCc1ccccn1)c1cn(-c2ccccc2)cn1. The number of benzene rings is 1. The molecular formula is C16H14N4O. The van der Waals surface area contributed by atoms with Crippen molar-refractivity contribution >= 4 is 5.91 Å². The number of rotatable bonds is 4. The van der Waals surface area contributed by atoms with Gasteiger partial charge in [-0.1, -0.05) is 24.3 Å². The van der Waals surface area contributed by atoms with Gasteiger partial charge in [-0.2, -0.15) is 0 Å². The Morgan fingerprint density at radius 2 is 1.86 bits per heavy atom. The molecule has 2 aromatic heterocycles. The maximum atomic E-state index is 12.0. The molecule has 3 rings (SSSR count). The van der Waals surface area contributed by atoms with Crippen molar-refractivity contribution in [2.75, 3.05) is 0 Å². The second-order valence-electron chi connectivity index (χ2n) is 4.51. The first-order valence-electron chi connectivity index (χ1n) is 6.60. The van der Waals surface area contributed by atoms with E-state index in [0.29, 0.717) is 12.2 Å². The van der Waals surface area contributed by atoms with Crippen LogP contribution in [0.1, 0.15) is 16.2 Å². The zero-order valence-electron chi connectivity index (χ0n) is 11.3. The van der Waals surface area contributed by atoms with Crippen molar-refractivity contribution in [2.24, 2.45) is 0 Å². The van der Waals surface area contributed by atoms with Crippen LogP contribution in [0, 0.1) is 0 Å². The highest BCUT2D eigenvalue weighted by atomic mass is 16.1. The van der Waals surface area contributed by atoms with E-state index in [4.69, 9.17) is 0 Å². The number of amides is 1. The van der Waals surface area contributed by atoms with E-state index < -0.39 is 0 Å². The molecule has 0 aliphatic heterocycles. The fourth-order valence-corrected chi connectivity index (χ4v) is 1.95. The Bertz CT molecular complexity index is 722. The molecule has 0 atom stereocenters. The molecule has 0 aliphatic carbocycles. The van der Waals surface area contributed by atoms with E-state index in [1.165, 1.54) is 0 Å². The molecular weight excluding hydrogens is 264 g/mol. The highest BCUT2D eigenvalue weighted by molar-refractivity contribution is 5.92. The predicted octanol–water partition coefficient (Wildman–Crippen LogP) is 2.20. The van der Waals surface area contributed by atoms with Crippen molar-refractivity contribution in [1.29, 1.82) is 0 Å². The van der Waals surface area contributed by atoms with Crippen LogP contribution in [0.2, 0.25) is 0 Å². The lowest BCUT2D eigenvalue weighted by molar-refractivity contribution is 0.0946. The van der Waals surface area contributed by atoms with Gasteiger partial charge in [-0.05, 0) is 24.3 Å². The number of hydrogen-bond acceptors (Lipinski definition) is 3. The fourth-order valence-electron chi connectivity index (χ4n) is 1.95. The van der Waals surface area contributed by atoms with Crippen molar-refractivity contribution in [3.8, 4) is 5.69 Å². The maximum absolute atomic E-state index is 12.0. The second-order valence-corrected chi connectivity index (χ2v) is 4.51. The van der Waals surface area contributed by atoms with Gasteiger partial charge in [0, 0.05) is 18.1 Å². The molecule has 5 heteroatoms. The summed E-state index contributed by atoms with van der Waals surface area (Å²) in [5.74, 6) is -0.213. The molecule has 0 saturated carbocycles. The summed E-state index contributed by atoms with van der Waals surface area (Å²) in [4.78, 5) is 20.3. The maximum Gasteiger partial charge on any atom is 0.271 e. The zero-order valence-corrected chi connectivity index (χ0v) is 11.3. The molecule has 0 saturated heterocycles. The van der Waals surface area contributed by atoms with Crippen LogP contribution < -0.4 is 5.32 Å². The highest BCUT2D eigenvalue weighted by Gasteiger charge is 2.09. The van der Waals surface area contributed by atoms with Crippen molar-refractivity contribution in [3.05, 3.63) is 78.6 Å². The Hall–Kier alpha value is -2.95.